The van der Waals surface area contributed by atoms with Gasteiger partial charge in [-0.3, -0.25) is 0 Å². The number of ether oxygens (including phenoxy) is 1. The SMILES string of the molecule is C=C(CC)CC(COC(C)(C)C)NCC. The predicted octanol–water partition coefficient (Wildman–Crippen LogP) is 3.14. The standard InChI is InChI=1S/C13H27NO/c1-7-11(3)9-12(14-8-2)10-15-13(4,5)6/h12,14H,3,7-10H2,1-2,4-6H3. The van der Waals surface area contributed by atoms with Crippen LogP contribution in [-0.2, 0) is 4.74 Å². The van der Waals surface area contributed by atoms with E-state index in [1.54, 1.807) is 0 Å². The quantitative estimate of drug-likeness (QED) is 0.656. The molecule has 0 bridgehead atoms. The van der Waals surface area contributed by atoms with Gasteiger partial charge in [0.1, 0.15) is 0 Å². The van der Waals surface area contributed by atoms with E-state index in [9.17, 15) is 0 Å². The zero-order valence-electron chi connectivity index (χ0n) is 11.0. The number of hydrogen-bond donors (Lipinski definition) is 1. The summed E-state index contributed by atoms with van der Waals surface area (Å²) in [4.78, 5) is 0. The van der Waals surface area contributed by atoms with Crippen molar-refractivity contribution in [3.8, 4) is 0 Å². The van der Waals surface area contributed by atoms with Gasteiger partial charge in [0.25, 0.3) is 0 Å². The minimum absolute atomic E-state index is 0.0543. The minimum atomic E-state index is -0.0543. The van der Waals surface area contributed by atoms with Crippen LogP contribution in [0.1, 0.15) is 47.5 Å². The molecule has 0 rings (SSSR count). The molecule has 0 saturated carbocycles. The summed E-state index contributed by atoms with van der Waals surface area (Å²) in [6.07, 6.45) is 2.07. The number of nitrogens with one attached hydrogen (secondary N) is 1. The molecule has 0 saturated heterocycles. The van der Waals surface area contributed by atoms with Crippen molar-refractivity contribution in [3.05, 3.63) is 12.2 Å². The third-order valence-corrected chi connectivity index (χ3v) is 2.25. The van der Waals surface area contributed by atoms with Gasteiger partial charge in [0.05, 0.1) is 12.2 Å². The molecule has 0 aliphatic rings. The molecule has 1 unspecified atom stereocenters. The van der Waals surface area contributed by atoms with Crippen molar-refractivity contribution in [1.82, 2.24) is 5.32 Å². The number of rotatable bonds is 7. The van der Waals surface area contributed by atoms with Crippen LogP contribution in [0.3, 0.4) is 0 Å². The van der Waals surface area contributed by atoms with Crippen molar-refractivity contribution in [1.29, 1.82) is 0 Å². The molecule has 0 aromatic heterocycles. The van der Waals surface area contributed by atoms with E-state index < -0.39 is 0 Å². The highest BCUT2D eigenvalue weighted by Gasteiger charge is 2.15. The van der Waals surface area contributed by atoms with Gasteiger partial charge in [-0.05, 0) is 40.2 Å². The van der Waals surface area contributed by atoms with Crippen molar-refractivity contribution in [2.45, 2.75) is 59.1 Å². The molecule has 0 aromatic rings. The Morgan fingerprint density at radius 3 is 2.33 bits per heavy atom. The summed E-state index contributed by atoms with van der Waals surface area (Å²) < 4.78 is 5.79. The topological polar surface area (TPSA) is 21.3 Å². The predicted molar refractivity (Wildman–Crippen MR) is 67.2 cm³/mol. The van der Waals surface area contributed by atoms with E-state index in [0.29, 0.717) is 6.04 Å². The Morgan fingerprint density at radius 1 is 1.33 bits per heavy atom. The molecule has 0 spiro atoms. The molecule has 2 nitrogen and oxygen atoms in total. The molecule has 90 valence electrons. The lowest BCUT2D eigenvalue weighted by molar-refractivity contribution is -0.0142. The Hall–Kier alpha value is -0.340. The number of likely N-dealkylation sites (N-methyl/N-ethyl adjacent to an activating group) is 1. The fourth-order valence-electron chi connectivity index (χ4n) is 1.32. The Bertz CT molecular complexity index is 181. The largest absolute Gasteiger partial charge is 0.374 e. The third-order valence-electron chi connectivity index (χ3n) is 2.25. The maximum absolute atomic E-state index is 5.79. The first-order valence-electron chi connectivity index (χ1n) is 5.93. The molecule has 1 N–H and O–H groups in total. The first-order valence-corrected chi connectivity index (χ1v) is 5.93. The smallest absolute Gasteiger partial charge is 0.0629 e. The second kappa shape index (κ2) is 7.02. The zero-order valence-corrected chi connectivity index (χ0v) is 11.0. The molecule has 0 aliphatic heterocycles. The van der Waals surface area contributed by atoms with Crippen LogP contribution in [0.4, 0.5) is 0 Å². The monoisotopic (exact) mass is 213 g/mol. The van der Waals surface area contributed by atoms with Gasteiger partial charge in [-0.1, -0.05) is 26.0 Å². The molecule has 2 heteroatoms. The average Bonchev–Trinajstić information content (AvgIpc) is 2.13. The van der Waals surface area contributed by atoms with E-state index in [4.69, 9.17) is 4.74 Å². The van der Waals surface area contributed by atoms with Crippen LogP contribution < -0.4 is 5.32 Å². The summed E-state index contributed by atoms with van der Waals surface area (Å²) in [6.45, 7) is 16.3. The van der Waals surface area contributed by atoms with Crippen molar-refractivity contribution in [2.75, 3.05) is 13.2 Å². The van der Waals surface area contributed by atoms with E-state index in [-0.39, 0.29) is 5.60 Å². The molecule has 0 radical (unpaired) electrons. The first kappa shape index (κ1) is 14.7. The van der Waals surface area contributed by atoms with Gasteiger partial charge in [0.15, 0.2) is 0 Å². The Kier molecular flexibility index (Phi) is 6.86. The molecule has 1 atom stereocenters. The Morgan fingerprint density at radius 2 is 1.93 bits per heavy atom. The Balaban J connectivity index is 3.98. The van der Waals surface area contributed by atoms with Crippen LogP contribution in [0.25, 0.3) is 0 Å². The minimum Gasteiger partial charge on any atom is -0.374 e. The summed E-state index contributed by atoms with van der Waals surface area (Å²) in [5, 5.41) is 3.43. The van der Waals surface area contributed by atoms with Crippen molar-refractivity contribution >= 4 is 0 Å². The lowest BCUT2D eigenvalue weighted by Gasteiger charge is -2.25. The highest BCUT2D eigenvalue weighted by Crippen LogP contribution is 2.12. The molecule has 0 amide bonds. The lowest BCUT2D eigenvalue weighted by Crippen LogP contribution is -2.36. The van der Waals surface area contributed by atoms with Gasteiger partial charge in [-0.15, -0.1) is 0 Å². The van der Waals surface area contributed by atoms with E-state index >= 15 is 0 Å². The van der Waals surface area contributed by atoms with Gasteiger partial charge in [0, 0.05) is 6.04 Å². The average molecular weight is 213 g/mol. The summed E-state index contributed by atoms with van der Waals surface area (Å²) in [7, 11) is 0. The van der Waals surface area contributed by atoms with Crippen molar-refractivity contribution in [2.24, 2.45) is 0 Å². The second-order valence-corrected chi connectivity index (χ2v) is 4.99. The second-order valence-electron chi connectivity index (χ2n) is 4.99. The van der Waals surface area contributed by atoms with E-state index in [2.05, 4.69) is 46.5 Å². The maximum Gasteiger partial charge on any atom is 0.0629 e. The van der Waals surface area contributed by atoms with Crippen molar-refractivity contribution < 1.29 is 4.74 Å². The Labute approximate surface area is 95.1 Å². The van der Waals surface area contributed by atoms with Crippen LogP contribution in [0, 0.1) is 0 Å². The van der Waals surface area contributed by atoms with Crippen LogP contribution in [0.15, 0.2) is 12.2 Å². The van der Waals surface area contributed by atoms with Crippen molar-refractivity contribution in [3.63, 3.8) is 0 Å². The third kappa shape index (κ3) is 8.64. The lowest BCUT2D eigenvalue weighted by atomic mass is 10.1. The molecule has 15 heavy (non-hydrogen) atoms. The fraction of sp³-hybridized carbons (Fsp3) is 0.846. The molecule has 0 fully saturated rings. The van der Waals surface area contributed by atoms with E-state index in [1.165, 1.54) is 5.57 Å². The van der Waals surface area contributed by atoms with Crippen LogP contribution in [0.2, 0.25) is 0 Å². The van der Waals surface area contributed by atoms with Gasteiger partial charge in [-0.2, -0.15) is 0 Å². The van der Waals surface area contributed by atoms with Gasteiger partial charge in [-0.25, -0.2) is 0 Å². The highest BCUT2D eigenvalue weighted by molar-refractivity contribution is 4.96. The summed E-state index contributed by atoms with van der Waals surface area (Å²) in [5.74, 6) is 0. The van der Waals surface area contributed by atoms with Crippen LogP contribution >= 0.6 is 0 Å². The summed E-state index contributed by atoms with van der Waals surface area (Å²) in [5.41, 5.74) is 1.24. The zero-order chi connectivity index (χ0) is 11.9. The van der Waals surface area contributed by atoms with E-state index in [0.717, 1.165) is 26.0 Å². The molecule has 0 aromatic carbocycles. The summed E-state index contributed by atoms with van der Waals surface area (Å²) in [6, 6.07) is 0.404. The highest BCUT2D eigenvalue weighted by atomic mass is 16.5. The molecular formula is C13H27NO. The summed E-state index contributed by atoms with van der Waals surface area (Å²) >= 11 is 0. The van der Waals surface area contributed by atoms with E-state index in [1.807, 2.05) is 0 Å². The van der Waals surface area contributed by atoms with Crippen LogP contribution in [-0.4, -0.2) is 24.8 Å². The normalized spacial score (nSPS) is 13.9. The van der Waals surface area contributed by atoms with Gasteiger partial charge in [0.2, 0.25) is 0 Å². The fourth-order valence-corrected chi connectivity index (χ4v) is 1.32. The maximum atomic E-state index is 5.79. The molecule has 0 aliphatic carbocycles. The van der Waals surface area contributed by atoms with Gasteiger partial charge >= 0.3 is 0 Å². The molecule has 0 heterocycles. The molecular weight excluding hydrogens is 186 g/mol. The number of hydrogen-bond acceptors (Lipinski definition) is 2. The van der Waals surface area contributed by atoms with Gasteiger partial charge < -0.3 is 10.1 Å². The van der Waals surface area contributed by atoms with Crippen LogP contribution in [0.5, 0.6) is 0 Å². The first-order chi connectivity index (χ1) is 6.89.